The van der Waals surface area contributed by atoms with E-state index < -0.39 is 0 Å². The zero-order valence-electron chi connectivity index (χ0n) is 10.2. The van der Waals surface area contributed by atoms with Crippen LogP contribution >= 0.6 is 11.5 Å². The van der Waals surface area contributed by atoms with Gasteiger partial charge in [0, 0.05) is 43.8 Å². The maximum atomic E-state index is 4.51. The summed E-state index contributed by atoms with van der Waals surface area (Å²) in [6, 6.07) is 0.942. The Morgan fingerprint density at radius 1 is 1.12 bits per heavy atom. The smallest absolute Gasteiger partial charge is 0.205 e. The van der Waals surface area contributed by atoms with Crippen LogP contribution in [-0.2, 0) is 0 Å². The van der Waals surface area contributed by atoms with Gasteiger partial charge < -0.3 is 4.90 Å². The van der Waals surface area contributed by atoms with Crippen LogP contribution in [0.25, 0.3) is 0 Å². The Balaban J connectivity index is 1.44. The van der Waals surface area contributed by atoms with Gasteiger partial charge in [-0.15, -0.1) is 0 Å². The number of nitrogens with zero attached hydrogens (tertiary/aromatic N) is 4. The Bertz CT molecular complexity index is 414. The van der Waals surface area contributed by atoms with E-state index in [2.05, 4.69) is 19.2 Å². The molecule has 17 heavy (non-hydrogen) atoms. The van der Waals surface area contributed by atoms with Gasteiger partial charge in [-0.1, -0.05) is 0 Å². The van der Waals surface area contributed by atoms with Crippen LogP contribution in [0.4, 0.5) is 5.13 Å². The molecule has 0 bridgehead atoms. The van der Waals surface area contributed by atoms with Crippen LogP contribution in [-0.4, -0.2) is 46.5 Å². The SMILES string of the molecule is Cc1nsc(N2CC3CN(C4CC4)CC3C2)n1. The van der Waals surface area contributed by atoms with Gasteiger partial charge in [0.1, 0.15) is 5.82 Å². The van der Waals surface area contributed by atoms with Crippen LogP contribution in [0.1, 0.15) is 18.7 Å². The summed E-state index contributed by atoms with van der Waals surface area (Å²) in [5.41, 5.74) is 0. The van der Waals surface area contributed by atoms with E-state index in [1.165, 1.54) is 39.0 Å². The van der Waals surface area contributed by atoms with Crippen LogP contribution in [0.15, 0.2) is 0 Å². The third-order valence-electron chi connectivity index (χ3n) is 4.37. The Kier molecular flexibility index (Phi) is 2.21. The summed E-state index contributed by atoms with van der Waals surface area (Å²) in [6.45, 7) is 7.02. The maximum absolute atomic E-state index is 4.51. The molecule has 1 saturated carbocycles. The van der Waals surface area contributed by atoms with Crippen LogP contribution in [0, 0.1) is 18.8 Å². The maximum Gasteiger partial charge on any atom is 0.205 e. The quantitative estimate of drug-likeness (QED) is 0.794. The van der Waals surface area contributed by atoms with E-state index in [4.69, 9.17) is 0 Å². The third kappa shape index (κ3) is 1.76. The predicted octanol–water partition coefficient (Wildman–Crippen LogP) is 1.38. The van der Waals surface area contributed by atoms with Crippen molar-refractivity contribution < 1.29 is 0 Å². The van der Waals surface area contributed by atoms with Crippen LogP contribution in [0.5, 0.6) is 0 Å². The second-order valence-corrected chi connectivity index (χ2v) is 6.46. The molecule has 2 saturated heterocycles. The third-order valence-corrected chi connectivity index (χ3v) is 5.23. The summed E-state index contributed by atoms with van der Waals surface area (Å²) in [4.78, 5) is 9.68. The van der Waals surface area contributed by atoms with E-state index in [-0.39, 0.29) is 0 Å². The van der Waals surface area contributed by atoms with Gasteiger partial charge in [-0.25, -0.2) is 4.98 Å². The number of anilines is 1. The van der Waals surface area contributed by atoms with Gasteiger partial charge >= 0.3 is 0 Å². The van der Waals surface area contributed by atoms with E-state index in [0.717, 1.165) is 28.8 Å². The van der Waals surface area contributed by atoms with Gasteiger partial charge in [0.05, 0.1) is 0 Å². The van der Waals surface area contributed by atoms with E-state index in [1.54, 1.807) is 11.5 Å². The molecular weight excluding hydrogens is 232 g/mol. The largest absolute Gasteiger partial charge is 0.346 e. The van der Waals surface area contributed by atoms with Crippen molar-refractivity contribution >= 4 is 16.7 Å². The Morgan fingerprint density at radius 2 is 1.82 bits per heavy atom. The van der Waals surface area contributed by atoms with Gasteiger partial charge in [-0.05, 0) is 31.6 Å². The molecule has 3 aliphatic rings. The highest BCUT2D eigenvalue weighted by molar-refractivity contribution is 7.09. The minimum atomic E-state index is 0.875. The molecular formula is C12H18N4S. The van der Waals surface area contributed by atoms with E-state index in [1.807, 2.05) is 6.92 Å². The van der Waals surface area contributed by atoms with Crippen molar-refractivity contribution in [2.45, 2.75) is 25.8 Å². The average Bonchev–Trinajstić information content (AvgIpc) is 2.75. The van der Waals surface area contributed by atoms with Crippen molar-refractivity contribution in [1.29, 1.82) is 0 Å². The van der Waals surface area contributed by atoms with Crippen molar-refractivity contribution in [2.24, 2.45) is 11.8 Å². The molecule has 2 unspecified atom stereocenters. The lowest BCUT2D eigenvalue weighted by atomic mass is 10.0. The number of hydrogen-bond acceptors (Lipinski definition) is 5. The van der Waals surface area contributed by atoms with E-state index in [0.29, 0.717) is 0 Å². The Hall–Kier alpha value is -0.680. The molecule has 1 aromatic heterocycles. The lowest BCUT2D eigenvalue weighted by Crippen LogP contribution is -2.30. The lowest BCUT2D eigenvalue weighted by Gasteiger charge is -2.20. The van der Waals surface area contributed by atoms with Crippen molar-refractivity contribution in [2.75, 3.05) is 31.1 Å². The Morgan fingerprint density at radius 3 is 2.35 bits per heavy atom. The molecule has 2 atom stereocenters. The number of likely N-dealkylation sites (tertiary alicyclic amines) is 1. The van der Waals surface area contributed by atoms with Crippen molar-refractivity contribution in [3.63, 3.8) is 0 Å². The molecule has 1 aliphatic carbocycles. The molecule has 0 spiro atoms. The summed E-state index contributed by atoms with van der Waals surface area (Å²) < 4.78 is 4.29. The molecule has 0 N–H and O–H groups in total. The molecule has 0 radical (unpaired) electrons. The topological polar surface area (TPSA) is 32.3 Å². The normalized spacial score (nSPS) is 33.4. The standard InChI is InChI=1S/C12H18N4S/c1-8-13-12(17-14-8)16-6-9-4-15(11-2-3-11)5-10(9)7-16/h9-11H,2-7H2,1H3. The summed E-state index contributed by atoms with van der Waals surface area (Å²) in [6.07, 6.45) is 2.89. The van der Waals surface area contributed by atoms with Crippen molar-refractivity contribution in [3.8, 4) is 0 Å². The first-order valence-electron chi connectivity index (χ1n) is 6.59. The summed E-state index contributed by atoms with van der Waals surface area (Å²) >= 11 is 1.56. The molecule has 3 heterocycles. The monoisotopic (exact) mass is 250 g/mol. The second-order valence-electron chi connectivity index (χ2n) is 5.73. The van der Waals surface area contributed by atoms with Gasteiger partial charge in [-0.3, -0.25) is 4.90 Å². The predicted molar refractivity (Wildman–Crippen MR) is 68.4 cm³/mol. The van der Waals surface area contributed by atoms with Gasteiger partial charge in [-0.2, -0.15) is 4.37 Å². The fourth-order valence-corrected chi connectivity index (χ4v) is 4.03. The first kappa shape index (κ1) is 10.3. The highest BCUT2D eigenvalue weighted by Gasteiger charge is 2.44. The van der Waals surface area contributed by atoms with Crippen LogP contribution in [0.3, 0.4) is 0 Å². The highest BCUT2D eigenvalue weighted by atomic mass is 32.1. The van der Waals surface area contributed by atoms with Crippen LogP contribution < -0.4 is 4.90 Å². The lowest BCUT2D eigenvalue weighted by molar-refractivity contribution is 0.306. The first-order chi connectivity index (χ1) is 8.29. The van der Waals surface area contributed by atoms with Crippen LogP contribution in [0.2, 0.25) is 0 Å². The van der Waals surface area contributed by atoms with Gasteiger partial charge in [0.15, 0.2) is 0 Å². The zero-order chi connectivity index (χ0) is 11.4. The number of aryl methyl sites for hydroxylation is 1. The number of rotatable bonds is 2. The molecule has 3 fully saturated rings. The molecule has 4 nitrogen and oxygen atoms in total. The summed E-state index contributed by atoms with van der Waals surface area (Å²) in [5.74, 6) is 2.67. The van der Waals surface area contributed by atoms with E-state index in [9.17, 15) is 0 Å². The fourth-order valence-electron chi connectivity index (χ4n) is 3.34. The average molecular weight is 250 g/mol. The first-order valence-corrected chi connectivity index (χ1v) is 7.36. The minimum Gasteiger partial charge on any atom is -0.346 e. The molecule has 92 valence electrons. The molecule has 4 rings (SSSR count). The number of aromatic nitrogens is 2. The van der Waals surface area contributed by atoms with Crippen molar-refractivity contribution in [3.05, 3.63) is 5.82 Å². The molecule has 5 heteroatoms. The summed E-state index contributed by atoms with van der Waals surface area (Å²) in [7, 11) is 0. The number of hydrogen-bond donors (Lipinski definition) is 0. The minimum absolute atomic E-state index is 0.875. The van der Waals surface area contributed by atoms with E-state index >= 15 is 0 Å². The fraction of sp³-hybridized carbons (Fsp3) is 0.833. The van der Waals surface area contributed by atoms with Crippen molar-refractivity contribution in [1.82, 2.24) is 14.3 Å². The molecule has 0 amide bonds. The molecule has 1 aromatic rings. The molecule has 0 aromatic carbocycles. The van der Waals surface area contributed by atoms with Gasteiger partial charge in [0.25, 0.3) is 0 Å². The molecule has 2 aliphatic heterocycles. The second kappa shape index (κ2) is 3.65. The zero-order valence-corrected chi connectivity index (χ0v) is 11.0. The van der Waals surface area contributed by atoms with Gasteiger partial charge in [0.2, 0.25) is 5.13 Å². The number of fused-ring (bicyclic) bond motifs is 1. The highest BCUT2D eigenvalue weighted by Crippen LogP contribution is 2.39. The Labute approximate surface area is 106 Å². The summed E-state index contributed by atoms with van der Waals surface area (Å²) in [5, 5.41) is 1.13.